The molecule has 6 heteroatoms. The fraction of sp³-hybridized carbons (Fsp3) is 0.417. The molecular weight excluding hydrogens is 232 g/mol. The average Bonchev–Trinajstić information content (AvgIpc) is 2.39. The Labute approximate surface area is 105 Å². The first-order chi connectivity index (χ1) is 8.58. The Hall–Kier alpha value is -2.11. The van der Waals surface area contributed by atoms with Crippen LogP contribution in [0.3, 0.4) is 0 Å². The van der Waals surface area contributed by atoms with Crippen molar-refractivity contribution in [1.82, 2.24) is 9.88 Å². The third-order valence-electron chi connectivity index (χ3n) is 3.19. The Morgan fingerprint density at radius 3 is 2.44 bits per heavy atom. The molecule has 4 N–H and O–H groups in total. The lowest BCUT2D eigenvalue weighted by Gasteiger charge is -2.30. The van der Waals surface area contributed by atoms with Crippen LogP contribution in [-0.4, -0.2) is 34.8 Å². The zero-order valence-electron chi connectivity index (χ0n) is 10.0. The first kappa shape index (κ1) is 12.3. The second-order valence-corrected chi connectivity index (χ2v) is 4.45. The van der Waals surface area contributed by atoms with Crippen molar-refractivity contribution in [3.05, 3.63) is 24.0 Å². The number of nitrogens with zero attached hydrogens (tertiary/aromatic N) is 2. The lowest BCUT2D eigenvalue weighted by atomic mass is 9.96. The van der Waals surface area contributed by atoms with Crippen molar-refractivity contribution in [3.63, 3.8) is 0 Å². The summed E-state index contributed by atoms with van der Waals surface area (Å²) in [5.74, 6) is -0.529. The summed E-state index contributed by atoms with van der Waals surface area (Å²) in [5, 5.41) is 0. The number of carbonyl (C=O) groups is 2. The summed E-state index contributed by atoms with van der Waals surface area (Å²) in [6.45, 7) is 1.08. The van der Waals surface area contributed by atoms with Gasteiger partial charge in [-0.15, -0.1) is 0 Å². The molecule has 96 valence electrons. The largest absolute Gasteiger partial charge is 0.397 e. The molecule has 0 aromatic carbocycles. The fourth-order valence-corrected chi connectivity index (χ4v) is 2.06. The van der Waals surface area contributed by atoms with Gasteiger partial charge in [0.05, 0.1) is 11.9 Å². The highest BCUT2D eigenvalue weighted by molar-refractivity contribution is 5.92. The number of aromatic nitrogens is 1. The average molecular weight is 248 g/mol. The zero-order chi connectivity index (χ0) is 13.1. The van der Waals surface area contributed by atoms with Crippen LogP contribution in [0.1, 0.15) is 23.3 Å². The molecule has 1 aromatic heterocycles. The summed E-state index contributed by atoms with van der Waals surface area (Å²) in [4.78, 5) is 28.8. The summed E-state index contributed by atoms with van der Waals surface area (Å²) < 4.78 is 0. The van der Waals surface area contributed by atoms with E-state index in [-0.39, 0.29) is 17.7 Å². The number of piperidine rings is 1. The molecule has 6 nitrogen and oxygen atoms in total. The highest BCUT2D eigenvalue weighted by Crippen LogP contribution is 2.18. The lowest BCUT2D eigenvalue weighted by molar-refractivity contribution is -0.123. The summed E-state index contributed by atoms with van der Waals surface area (Å²) >= 11 is 0. The van der Waals surface area contributed by atoms with E-state index in [1.165, 1.54) is 6.20 Å². The molecular formula is C12H16N4O2. The first-order valence-corrected chi connectivity index (χ1v) is 5.88. The molecule has 0 unspecified atom stereocenters. The SMILES string of the molecule is NC(=O)C1CCN(C(=O)c2ccc(N)cn2)CC1. The van der Waals surface area contributed by atoms with Crippen LogP contribution >= 0.6 is 0 Å². The molecule has 1 aliphatic rings. The molecule has 1 saturated heterocycles. The van der Waals surface area contributed by atoms with Gasteiger partial charge in [-0.2, -0.15) is 0 Å². The molecule has 1 aromatic rings. The topological polar surface area (TPSA) is 102 Å². The van der Waals surface area contributed by atoms with Gasteiger partial charge in [0.25, 0.3) is 5.91 Å². The van der Waals surface area contributed by atoms with Gasteiger partial charge in [0.2, 0.25) is 5.91 Å². The second kappa shape index (κ2) is 5.03. The van der Waals surface area contributed by atoms with Crippen molar-refractivity contribution in [2.75, 3.05) is 18.8 Å². The first-order valence-electron chi connectivity index (χ1n) is 5.88. The number of hydrogen-bond acceptors (Lipinski definition) is 4. The fourth-order valence-electron chi connectivity index (χ4n) is 2.06. The van der Waals surface area contributed by atoms with Crippen LogP contribution in [0.5, 0.6) is 0 Å². The highest BCUT2D eigenvalue weighted by Gasteiger charge is 2.26. The quantitative estimate of drug-likeness (QED) is 0.769. The number of nitrogen functional groups attached to an aromatic ring is 1. The molecule has 1 aliphatic heterocycles. The Morgan fingerprint density at radius 1 is 1.28 bits per heavy atom. The van der Waals surface area contributed by atoms with Gasteiger partial charge in [-0.1, -0.05) is 0 Å². The van der Waals surface area contributed by atoms with Gasteiger partial charge in [0.15, 0.2) is 0 Å². The van der Waals surface area contributed by atoms with Gasteiger partial charge < -0.3 is 16.4 Å². The minimum Gasteiger partial charge on any atom is -0.397 e. The van der Waals surface area contributed by atoms with Crippen molar-refractivity contribution in [2.24, 2.45) is 11.7 Å². The van der Waals surface area contributed by atoms with Gasteiger partial charge in [-0.3, -0.25) is 9.59 Å². The van der Waals surface area contributed by atoms with E-state index < -0.39 is 0 Å². The molecule has 0 saturated carbocycles. The summed E-state index contributed by atoms with van der Waals surface area (Å²) in [6, 6.07) is 3.26. The summed E-state index contributed by atoms with van der Waals surface area (Å²) in [7, 11) is 0. The number of rotatable bonds is 2. The predicted molar refractivity (Wildman–Crippen MR) is 66.5 cm³/mol. The van der Waals surface area contributed by atoms with Crippen molar-refractivity contribution in [3.8, 4) is 0 Å². The molecule has 0 aliphatic carbocycles. The van der Waals surface area contributed by atoms with E-state index in [1.54, 1.807) is 17.0 Å². The molecule has 2 rings (SSSR count). The van der Waals surface area contributed by atoms with Crippen LogP contribution < -0.4 is 11.5 Å². The molecule has 0 radical (unpaired) electrons. The number of hydrogen-bond donors (Lipinski definition) is 2. The van der Waals surface area contributed by atoms with Crippen molar-refractivity contribution in [1.29, 1.82) is 0 Å². The second-order valence-electron chi connectivity index (χ2n) is 4.45. The maximum Gasteiger partial charge on any atom is 0.272 e. The van der Waals surface area contributed by atoms with Crippen LogP contribution in [0.25, 0.3) is 0 Å². The van der Waals surface area contributed by atoms with Crippen molar-refractivity contribution in [2.45, 2.75) is 12.8 Å². The van der Waals surface area contributed by atoms with E-state index in [0.717, 1.165) is 0 Å². The van der Waals surface area contributed by atoms with E-state index in [0.29, 0.717) is 37.3 Å². The maximum atomic E-state index is 12.1. The van der Waals surface area contributed by atoms with Crippen molar-refractivity contribution < 1.29 is 9.59 Å². The Morgan fingerprint density at radius 2 is 1.94 bits per heavy atom. The van der Waals surface area contributed by atoms with Crippen LogP contribution in [-0.2, 0) is 4.79 Å². The molecule has 0 bridgehead atoms. The van der Waals surface area contributed by atoms with Gasteiger partial charge in [-0.05, 0) is 25.0 Å². The standard InChI is InChI=1S/C12H16N4O2/c13-9-1-2-10(15-7-9)12(18)16-5-3-8(4-6-16)11(14)17/h1-2,7-8H,3-6,13H2,(H2,14,17). The minimum absolute atomic E-state index is 0.117. The number of amides is 2. The molecule has 0 atom stereocenters. The number of likely N-dealkylation sites (tertiary alicyclic amines) is 1. The number of nitrogens with two attached hydrogens (primary N) is 2. The van der Waals surface area contributed by atoms with E-state index in [2.05, 4.69) is 4.98 Å². The summed E-state index contributed by atoms with van der Waals surface area (Å²) in [5.41, 5.74) is 11.7. The number of pyridine rings is 1. The molecule has 18 heavy (non-hydrogen) atoms. The molecule has 1 fully saturated rings. The Kier molecular flexibility index (Phi) is 3.45. The Balaban J connectivity index is 1.99. The van der Waals surface area contributed by atoms with E-state index in [1.807, 2.05) is 0 Å². The van der Waals surface area contributed by atoms with Gasteiger partial charge in [0, 0.05) is 19.0 Å². The lowest BCUT2D eigenvalue weighted by Crippen LogP contribution is -2.42. The smallest absolute Gasteiger partial charge is 0.272 e. The van der Waals surface area contributed by atoms with Crippen molar-refractivity contribution >= 4 is 17.5 Å². The highest BCUT2D eigenvalue weighted by atomic mass is 16.2. The normalized spacial score (nSPS) is 16.6. The van der Waals surface area contributed by atoms with Gasteiger partial charge >= 0.3 is 0 Å². The monoisotopic (exact) mass is 248 g/mol. The number of carbonyl (C=O) groups excluding carboxylic acids is 2. The minimum atomic E-state index is -0.285. The van der Waals surface area contributed by atoms with E-state index in [4.69, 9.17) is 11.5 Å². The van der Waals surface area contributed by atoms with Gasteiger partial charge in [-0.25, -0.2) is 4.98 Å². The zero-order valence-corrected chi connectivity index (χ0v) is 10.0. The molecule has 2 amide bonds. The third kappa shape index (κ3) is 2.58. The third-order valence-corrected chi connectivity index (χ3v) is 3.19. The molecule has 2 heterocycles. The van der Waals surface area contributed by atoms with E-state index >= 15 is 0 Å². The van der Waals surface area contributed by atoms with E-state index in [9.17, 15) is 9.59 Å². The number of primary amides is 1. The maximum absolute atomic E-state index is 12.1. The number of anilines is 1. The predicted octanol–water partition coefficient (Wildman–Crippen LogP) is 0.00130. The molecule has 0 spiro atoms. The van der Waals surface area contributed by atoms with Gasteiger partial charge in [0.1, 0.15) is 5.69 Å². The van der Waals surface area contributed by atoms with Crippen LogP contribution in [0.15, 0.2) is 18.3 Å². The van der Waals surface area contributed by atoms with Crippen LogP contribution in [0.4, 0.5) is 5.69 Å². The van der Waals surface area contributed by atoms with Crippen LogP contribution in [0.2, 0.25) is 0 Å². The van der Waals surface area contributed by atoms with Crippen LogP contribution in [0, 0.1) is 5.92 Å². The Bertz CT molecular complexity index is 450. The summed E-state index contributed by atoms with van der Waals surface area (Å²) in [6.07, 6.45) is 2.70.